The number of benzene rings is 3. The molecule has 3 aromatic rings. The van der Waals surface area contributed by atoms with Gasteiger partial charge in [0, 0.05) is 10.6 Å². The fraction of sp³-hybridized carbons (Fsp3) is 0.0500. The molecular formula is C20H17ClNO3P. The topological polar surface area (TPSA) is 51.1 Å². The highest BCUT2D eigenvalue weighted by Gasteiger charge is 2.21. The Bertz CT molecular complexity index is 818. The van der Waals surface area contributed by atoms with Gasteiger partial charge in [0.1, 0.15) is 11.5 Å². The molecule has 26 heavy (non-hydrogen) atoms. The summed E-state index contributed by atoms with van der Waals surface area (Å²) < 4.78 is 12.0. The Labute approximate surface area is 158 Å². The van der Waals surface area contributed by atoms with E-state index in [1.165, 1.54) is 0 Å². The average molecular weight is 386 g/mol. The number of para-hydroxylation sites is 2. The number of hydrogen-bond acceptors (Lipinski definition) is 4. The van der Waals surface area contributed by atoms with Crippen LogP contribution in [0, 0.1) is 0 Å². The average Bonchev–Trinajstić information content (AvgIpc) is 2.68. The van der Waals surface area contributed by atoms with Crippen molar-refractivity contribution >= 4 is 25.7 Å². The van der Waals surface area contributed by atoms with E-state index in [9.17, 15) is 5.21 Å². The van der Waals surface area contributed by atoms with E-state index >= 15 is 0 Å². The van der Waals surface area contributed by atoms with E-state index < -0.39 is 8.38 Å². The Morgan fingerprint density at radius 1 is 0.808 bits per heavy atom. The highest BCUT2D eigenvalue weighted by atomic mass is 35.5. The normalized spacial score (nSPS) is 11.4. The Balaban J connectivity index is 1.83. The molecule has 0 spiro atoms. The first-order valence-electron chi connectivity index (χ1n) is 7.95. The van der Waals surface area contributed by atoms with Crippen LogP contribution in [0.2, 0.25) is 5.02 Å². The molecule has 0 aliphatic rings. The molecule has 0 amide bonds. The minimum Gasteiger partial charge on any atom is -0.438 e. The summed E-state index contributed by atoms with van der Waals surface area (Å²) in [6, 6.07) is 26.0. The molecule has 0 atom stereocenters. The van der Waals surface area contributed by atoms with Crippen molar-refractivity contribution in [1.82, 2.24) is 0 Å². The summed E-state index contributed by atoms with van der Waals surface area (Å²) in [6.07, 6.45) is 0.277. The third kappa shape index (κ3) is 4.98. The quantitative estimate of drug-likeness (QED) is 0.235. The lowest BCUT2D eigenvalue weighted by molar-refractivity contribution is 0.319. The molecule has 0 radical (unpaired) electrons. The number of hydrogen-bond donors (Lipinski definition) is 1. The second-order valence-electron chi connectivity index (χ2n) is 5.33. The van der Waals surface area contributed by atoms with E-state index in [4.69, 9.17) is 20.6 Å². The van der Waals surface area contributed by atoms with Gasteiger partial charge >= 0.3 is 0 Å². The maximum Gasteiger partial charge on any atom is 0.296 e. The highest BCUT2D eigenvalue weighted by molar-refractivity contribution is 7.49. The Kier molecular flexibility index (Phi) is 6.48. The van der Waals surface area contributed by atoms with Crippen LogP contribution in [-0.2, 0) is 0 Å². The number of nitrogens with zero attached hydrogens (tertiary/aromatic N) is 1. The van der Waals surface area contributed by atoms with E-state index in [1.807, 2.05) is 72.8 Å². The van der Waals surface area contributed by atoms with Gasteiger partial charge in [0.15, 0.2) is 0 Å². The molecule has 3 rings (SSSR count). The predicted octanol–water partition coefficient (Wildman–Crippen LogP) is 5.99. The number of halogens is 1. The van der Waals surface area contributed by atoms with Crippen LogP contribution in [0.3, 0.4) is 0 Å². The van der Waals surface area contributed by atoms with Gasteiger partial charge in [-0.25, -0.2) is 0 Å². The lowest BCUT2D eigenvalue weighted by Crippen LogP contribution is -2.12. The van der Waals surface area contributed by atoms with E-state index in [1.54, 1.807) is 12.1 Å². The molecule has 1 N–H and O–H groups in total. The van der Waals surface area contributed by atoms with Crippen LogP contribution in [0.25, 0.3) is 0 Å². The largest absolute Gasteiger partial charge is 0.438 e. The highest BCUT2D eigenvalue weighted by Crippen LogP contribution is 2.41. The zero-order valence-electron chi connectivity index (χ0n) is 13.8. The summed E-state index contributed by atoms with van der Waals surface area (Å²) in [7, 11) is -1.44. The van der Waals surface area contributed by atoms with Gasteiger partial charge in [0.2, 0.25) is 0 Å². The molecular weight excluding hydrogens is 369 g/mol. The van der Waals surface area contributed by atoms with Crippen molar-refractivity contribution in [2.24, 2.45) is 5.16 Å². The van der Waals surface area contributed by atoms with Crippen LogP contribution in [0.15, 0.2) is 90.1 Å². The van der Waals surface area contributed by atoms with Gasteiger partial charge < -0.3 is 14.3 Å². The molecule has 0 fully saturated rings. The Hall–Kier alpha value is -2.55. The number of rotatable bonds is 7. The summed E-state index contributed by atoms with van der Waals surface area (Å²) in [4.78, 5) is 0. The molecule has 0 unspecified atom stereocenters. The standard InChI is InChI=1S/C20H17ClNO3P/c21-19-14-8-7-13-18(19)20(22-23)15-26(24-16-9-3-1-4-10-16)25-17-11-5-2-6-12-17/h1-14,23H,15H2. The van der Waals surface area contributed by atoms with Gasteiger partial charge in [-0.05, 0) is 30.3 Å². The molecule has 3 aromatic carbocycles. The molecule has 0 saturated heterocycles. The van der Waals surface area contributed by atoms with Crippen molar-refractivity contribution < 1.29 is 14.3 Å². The first-order chi connectivity index (χ1) is 12.8. The van der Waals surface area contributed by atoms with Crippen molar-refractivity contribution in [3.63, 3.8) is 0 Å². The zero-order chi connectivity index (χ0) is 18.2. The van der Waals surface area contributed by atoms with Crippen molar-refractivity contribution in [2.75, 3.05) is 6.16 Å². The fourth-order valence-corrected chi connectivity index (χ4v) is 3.87. The van der Waals surface area contributed by atoms with Crippen LogP contribution in [-0.4, -0.2) is 17.1 Å². The van der Waals surface area contributed by atoms with Crippen LogP contribution in [0.4, 0.5) is 0 Å². The molecule has 0 bridgehead atoms. The second-order valence-corrected chi connectivity index (χ2v) is 7.08. The molecule has 6 heteroatoms. The van der Waals surface area contributed by atoms with E-state index in [-0.39, 0.29) is 6.16 Å². The third-order valence-electron chi connectivity index (χ3n) is 3.49. The smallest absolute Gasteiger partial charge is 0.296 e. The van der Waals surface area contributed by atoms with Crippen molar-refractivity contribution in [1.29, 1.82) is 0 Å². The monoisotopic (exact) mass is 385 g/mol. The second kappa shape index (κ2) is 9.23. The van der Waals surface area contributed by atoms with Gasteiger partial charge in [0.05, 0.1) is 11.9 Å². The van der Waals surface area contributed by atoms with Crippen molar-refractivity contribution in [2.45, 2.75) is 0 Å². The van der Waals surface area contributed by atoms with Gasteiger partial charge in [-0.2, -0.15) is 0 Å². The van der Waals surface area contributed by atoms with Crippen LogP contribution >= 0.6 is 20.0 Å². The van der Waals surface area contributed by atoms with Crippen molar-refractivity contribution in [3.05, 3.63) is 95.5 Å². The Morgan fingerprint density at radius 2 is 1.31 bits per heavy atom. The summed E-state index contributed by atoms with van der Waals surface area (Å²) in [5, 5.41) is 13.5. The molecule has 0 heterocycles. The summed E-state index contributed by atoms with van der Waals surface area (Å²) in [5.74, 6) is 1.37. The molecule has 0 aliphatic carbocycles. The number of oxime groups is 1. The molecule has 0 saturated carbocycles. The Morgan fingerprint density at radius 3 is 1.81 bits per heavy atom. The summed E-state index contributed by atoms with van der Waals surface area (Å²) in [5.41, 5.74) is 1.06. The van der Waals surface area contributed by atoms with Gasteiger partial charge in [-0.1, -0.05) is 71.4 Å². The third-order valence-corrected chi connectivity index (χ3v) is 5.20. The minimum absolute atomic E-state index is 0.277. The molecule has 132 valence electrons. The van der Waals surface area contributed by atoms with Gasteiger partial charge in [-0.15, -0.1) is 0 Å². The first-order valence-corrected chi connectivity index (χ1v) is 9.70. The fourth-order valence-electron chi connectivity index (χ4n) is 2.27. The van der Waals surface area contributed by atoms with Crippen LogP contribution < -0.4 is 9.05 Å². The van der Waals surface area contributed by atoms with E-state index in [0.717, 1.165) is 0 Å². The van der Waals surface area contributed by atoms with Crippen LogP contribution in [0.1, 0.15) is 5.56 Å². The predicted molar refractivity (Wildman–Crippen MR) is 106 cm³/mol. The first kappa shape index (κ1) is 18.2. The molecule has 0 aliphatic heterocycles. The lowest BCUT2D eigenvalue weighted by Gasteiger charge is -2.19. The summed E-state index contributed by atoms with van der Waals surface area (Å²) in [6.45, 7) is 0. The maximum atomic E-state index is 9.51. The minimum atomic E-state index is -1.44. The summed E-state index contributed by atoms with van der Waals surface area (Å²) >= 11 is 6.24. The molecule has 0 aromatic heterocycles. The maximum absolute atomic E-state index is 9.51. The van der Waals surface area contributed by atoms with E-state index in [2.05, 4.69) is 5.16 Å². The lowest BCUT2D eigenvalue weighted by atomic mass is 10.1. The van der Waals surface area contributed by atoms with Gasteiger partial charge in [0.25, 0.3) is 8.38 Å². The van der Waals surface area contributed by atoms with Crippen molar-refractivity contribution in [3.8, 4) is 11.5 Å². The van der Waals surface area contributed by atoms with Gasteiger partial charge in [-0.3, -0.25) is 0 Å². The SMILES string of the molecule is ON=C(CP(Oc1ccccc1)Oc1ccccc1)c1ccccc1Cl. The van der Waals surface area contributed by atoms with E-state index in [0.29, 0.717) is 27.8 Å². The zero-order valence-corrected chi connectivity index (χ0v) is 15.5. The van der Waals surface area contributed by atoms with Crippen LogP contribution in [0.5, 0.6) is 11.5 Å². The molecule has 4 nitrogen and oxygen atoms in total.